The van der Waals surface area contributed by atoms with E-state index in [1.165, 1.54) is 0 Å². The number of amides is 2. The van der Waals surface area contributed by atoms with Crippen molar-refractivity contribution in [1.82, 2.24) is 10.2 Å². The molecule has 2 atom stereocenters. The van der Waals surface area contributed by atoms with Crippen LogP contribution in [0.3, 0.4) is 0 Å². The maximum absolute atomic E-state index is 11.6. The lowest BCUT2D eigenvalue weighted by Gasteiger charge is -2.30. The number of nitrogens with one attached hydrogen (secondary N) is 1. The van der Waals surface area contributed by atoms with Crippen molar-refractivity contribution in [3.63, 3.8) is 0 Å². The molecule has 0 bridgehead atoms. The minimum absolute atomic E-state index is 0.0989. The normalized spacial score (nSPS) is 31.0. The van der Waals surface area contributed by atoms with E-state index in [2.05, 4.69) is 5.32 Å². The molecule has 1 heterocycles. The fourth-order valence-electron chi connectivity index (χ4n) is 2.75. The molecule has 1 saturated carbocycles. The number of carbonyl (C=O) groups is 2. The lowest BCUT2D eigenvalue weighted by atomic mass is 9.94. The zero-order valence-corrected chi connectivity index (χ0v) is 9.32. The first-order chi connectivity index (χ1) is 7.70. The van der Waals surface area contributed by atoms with E-state index in [4.69, 9.17) is 0 Å². The Morgan fingerprint density at radius 2 is 2.06 bits per heavy atom. The van der Waals surface area contributed by atoms with E-state index in [1.54, 1.807) is 4.90 Å². The Hall–Kier alpha value is -1.26. The molecule has 0 aromatic rings. The summed E-state index contributed by atoms with van der Waals surface area (Å²) in [6.45, 7) is 1.29. The van der Waals surface area contributed by atoms with Crippen LogP contribution in [0.25, 0.3) is 0 Å². The van der Waals surface area contributed by atoms with E-state index < -0.39 is 5.97 Å². The van der Waals surface area contributed by atoms with Gasteiger partial charge in [-0.05, 0) is 12.8 Å². The van der Waals surface area contributed by atoms with Gasteiger partial charge < -0.3 is 15.3 Å². The summed E-state index contributed by atoms with van der Waals surface area (Å²) >= 11 is 0. The highest BCUT2D eigenvalue weighted by atomic mass is 16.4. The van der Waals surface area contributed by atoms with Crippen molar-refractivity contribution in [1.29, 1.82) is 0 Å². The van der Waals surface area contributed by atoms with Crippen LogP contribution >= 0.6 is 0 Å². The highest BCUT2D eigenvalue weighted by Gasteiger charge is 2.37. The fourth-order valence-corrected chi connectivity index (χ4v) is 2.75. The average molecular weight is 226 g/mol. The van der Waals surface area contributed by atoms with Crippen molar-refractivity contribution in [2.75, 3.05) is 13.1 Å². The van der Waals surface area contributed by atoms with E-state index in [1.807, 2.05) is 0 Å². The van der Waals surface area contributed by atoms with Crippen LogP contribution in [0.1, 0.15) is 32.1 Å². The first-order valence-corrected chi connectivity index (χ1v) is 5.97. The smallest absolute Gasteiger partial charge is 0.317 e. The molecule has 0 aromatic heterocycles. The molecule has 5 nitrogen and oxygen atoms in total. The van der Waals surface area contributed by atoms with Gasteiger partial charge in [0.05, 0.1) is 5.92 Å². The third-order valence-electron chi connectivity index (χ3n) is 3.59. The average Bonchev–Trinajstić information content (AvgIpc) is 2.54. The van der Waals surface area contributed by atoms with Crippen molar-refractivity contribution < 1.29 is 14.7 Å². The molecule has 90 valence electrons. The Labute approximate surface area is 94.8 Å². The number of carbonyl (C=O) groups excluding carboxylic acids is 1. The molecule has 1 saturated heterocycles. The third kappa shape index (κ3) is 2.13. The number of nitrogens with zero attached hydrogens (tertiary/aromatic N) is 1. The topological polar surface area (TPSA) is 69.6 Å². The van der Waals surface area contributed by atoms with Gasteiger partial charge in [-0.1, -0.05) is 19.3 Å². The lowest BCUT2D eigenvalue weighted by molar-refractivity contribution is -0.143. The van der Waals surface area contributed by atoms with Crippen LogP contribution < -0.4 is 5.32 Å². The monoisotopic (exact) mass is 226 g/mol. The molecule has 2 rings (SSSR count). The summed E-state index contributed by atoms with van der Waals surface area (Å²) in [5, 5.41) is 12.0. The molecule has 2 amide bonds. The van der Waals surface area contributed by atoms with Gasteiger partial charge in [0.1, 0.15) is 0 Å². The maximum Gasteiger partial charge on any atom is 0.317 e. The number of carboxylic acids is 1. The molecule has 0 aromatic carbocycles. The molecule has 16 heavy (non-hydrogen) atoms. The zero-order valence-electron chi connectivity index (χ0n) is 9.32. The van der Waals surface area contributed by atoms with E-state index in [-0.39, 0.29) is 18.0 Å². The number of rotatable bonds is 2. The van der Waals surface area contributed by atoms with Gasteiger partial charge in [0.15, 0.2) is 0 Å². The minimum atomic E-state index is -0.758. The zero-order chi connectivity index (χ0) is 11.5. The highest BCUT2D eigenvalue weighted by molar-refractivity contribution is 5.78. The summed E-state index contributed by atoms with van der Waals surface area (Å²) in [7, 11) is 0. The molecular weight excluding hydrogens is 208 g/mol. The van der Waals surface area contributed by atoms with Crippen LogP contribution in [0, 0.1) is 5.92 Å². The molecule has 5 heteroatoms. The third-order valence-corrected chi connectivity index (χ3v) is 3.59. The largest absolute Gasteiger partial charge is 0.481 e. The van der Waals surface area contributed by atoms with E-state index in [0.717, 1.165) is 25.7 Å². The van der Waals surface area contributed by atoms with E-state index in [0.29, 0.717) is 19.5 Å². The fraction of sp³-hybridized carbons (Fsp3) is 0.818. The summed E-state index contributed by atoms with van der Waals surface area (Å²) in [6.07, 6.45) is 4.59. The van der Waals surface area contributed by atoms with Gasteiger partial charge in [-0.15, -0.1) is 0 Å². The Kier molecular flexibility index (Phi) is 3.31. The molecular formula is C11H18N2O3. The Morgan fingerprint density at radius 3 is 2.69 bits per heavy atom. The molecule has 2 aliphatic rings. The predicted octanol–water partition coefficient (Wildman–Crippen LogP) is 1.05. The van der Waals surface area contributed by atoms with Gasteiger partial charge in [0.2, 0.25) is 0 Å². The number of urea groups is 1. The second kappa shape index (κ2) is 4.72. The van der Waals surface area contributed by atoms with Crippen LogP contribution in [0.5, 0.6) is 0 Å². The first kappa shape index (κ1) is 11.2. The van der Waals surface area contributed by atoms with E-state index >= 15 is 0 Å². The van der Waals surface area contributed by atoms with Gasteiger partial charge in [0.25, 0.3) is 0 Å². The maximum atomic E-state index is 11.6. The lowest BCUT2D eigenvalue weighted by Crippen LogP contribution is -2.44. The van der Waals surface area contributed by atoms with Crippen molar-refractivity contribution in [3.05, 3.63) is 0 Å². The van der Waals surface area contributed by atoms with Gasteiger partial charge in [-0.25, -0.2) is 4.79 Å². The Bertz CT molecular complexity index is 293. The second-order valence-electron chi connectivity index (χ2n) is 4.58. The molecule has 2 unspecified atom stereocenters. The van der Waals surface area contributed by atoms with E-state index in [9.17, 15) is 14.7 Å². The van der Waals surface area contributed by atoms with Crippen LogP contribution in [0.4, 0.5) is 4.79 Å². The van der Waals surface area contributed by atoms with Gasteiger partial charge in [-0.2, -0.15) is 0 Å². The van der Waals surface area contributed by atoms with Crippen LogP contribution in [0.2, 0.25) is 0 Å². The molecule has 1 aliphatic heterocycles. The second-order valence-corrected chi connectivity index (χ2v) is 4.58. The summed E-state index contributed by atoms with van der Waals surface area (Å²) in [5.74, 6) is -1.14. The van der Waals surface area contributed by atoms with Crippen LogP contribution in [-0.2, 0) is 4.79 Å². The quantitative estimate of drug-likeness (QED) is 0.691. The summed E-state index contributed by atoms with van der Waals surface area (Å²) in [4.78, 5) is 24.5. The summed E-state index contributed by atoms with van der Waals surface area (Å²) in [6, 6.07) is -0.208. The number of hydrogen-bond acceptors (Lipinski definition) is 2. The first-order valence-electron chi connectivity index (χ1n) is 5.97. The standard InChI is InChI=1S/C11H18N2O3/c14-10(15)8-4-2-1-3-5-9(8)13-7-6-12-11(13)16/h8-9H,1-7H2,(H,12,16)(H,14,15). The number of aliphatic carboxylic acids is 1. The summed E-state index contributed by atoms with van der Waals surface area (Å²) in [5.41, 5.74) is 0. The minimum Gasteiger partial charge on any atom is -0.481 e. The van der Waals surface area contributed by atoms with Gasteiger partial charge >= 0.3 is 12.0 Å². The number of carboxylic acid groups (broad SMARTS) is 1. The van der Waals surface area contributed by atoms with Gasteiger partial charge in [-0.3, -0.25) is 4.79 Å². The van der Waals surface area contributed by atoms with Crippen molar-refractivity contribution in [2.45, 2.75) is 38.1 Å². The van der Waals surface area contributed by atoms with Crippen molar-refractivity contribution in [2.24, 2.45) is 5.92 Å². The predicted molar refractivity (Wildman–Crippen MR) is 58.1 cm³/mol. The Balaban J connectivity index is 2.13. The molecule has 0 radical (unpaired) electrons. The van der Waals surface area contributed by atoms with Crippen LogP contribution in [-0.4, -0.2) is 41.1 Å². The molecule has 0 spiro atoms. The van der Waals surface area contributed by atoms with Crippen molar-refractivity contribution >= 4 is 12.0 Å². The SMILES string of the molecule is O=C(O)C1CCCCCC1N1CCNC1=O. The Morgan fingerprint density at radius 1 is 1.31 bits per heavy atom. The highest BCUT2D eigenvalue weighted by Crippen LogP contribution is 2.28. The molecule has 2 fully saturated rings. The van der Waals surface area contributed by atoms with Gasteiger partial charge in [0, 0.05) is 19.1 Å². The summed E-state index contributed by atoms with van der Waals surface area (Å²) < 4.78 is 0. The number of hydrogen-bond donors (Lipinski definition) is 2. The molecule has 1 aliphatic carbocycles. The molecule has 2 N–H and O–H groups in total. The van der Waals surface area contributed by atoms with Crippen LogP contribution in [0.15, 0.2) is 0 Å². The van der Waals surface area contributed by atoms with Crippen molar-refractivity contribution in [3.8, 4) is 0 Å².